The molecule has 0 saturated carbocycles. The Morgan fingerprint density at radius 1 is 1.35 bits per heavy atom. The van der Waals surface area contributed by atoms with Crippen LogP contribution in [0.1, 0.15) is 13.8 Å². The van der Waals surface area contributed by atoms with Crippen LogP contribution >= 0.6 is 11.6 Å². The van der Waals surface area contributed by atoms with Crippen LogP contribution in [0.25, 0.3) is 0 Å². The van der Waals surface area contributed by atoms with Gasteiger partial charge in [0.15, 0.2) is 0 Å². The van der Waals surface area contributed by atoms with Crippen LogP contribution in [-0.2, 0) is 10.0 Å². The van der Waals surface area contributed by atoms with Gasteiger partial charge in [0.05, 0.1) is 0 Å². The van der Waals surface area contributed by atoms with Gasteiger partial charge in [-0.05, 0) is 26.0 Å². The molecule has 17 heavy (non-hydrogen) atoms. The molecule has 0 fully saturated rings. The van der Waals surface area contributed by atoms with Crippen LogP contribution in [0.2, 0.25) is 0 Å². The molecule has 0 aliphatic rings. The zero-order chi connectivity index (χ0) is 13.3. The number of hydrogen-bond donors (Lipinski definition) is 1. The third kappa shape index (κ3) is 3.62. The summed E-state index contributed by atoms with van der Waals surface area (Å²) in [6.45, 7) is 3.11. The second-order valence-corrected chi connectivity index (χ2v) is 6.12. The lowest BCUT2D eigenvalue weighted by Gasteiger charge is -2.23. The first-order valence-corrected chi connectivity index (χ1v) is 6.75. The lowest BCUT2D eigenvalue weighted by atomic mass is 10.1. The van der Waals surface area contributed by atoms with Crippen molar-refractivity contribution in [3.63, 3.8) is 0 Å². The van der Waals surface area contributed by atoms with Gasteiger partial charge in [0.1, 0.15) is 16.5 Å². The van der Waals surface area contributed by atoms with Crippen molar-refractivity contribution in [3.8, 4) is 0 Å². The molecule has 0 atom stereocenters. The molecule has 0 heterocycles. The van der Waals surface area contributed by atoms with Crippen LogP contribution in [0.15, 0.2) is 23.1 Å². The summed E-state index contributed by atoms with van der Waals surface area (Å²) in [4.78, 5) is -0.600. The molecule has 1 aromatic carbocycles. The smallest absolute Gasteiger partial charge is 0.207 e. The third-order valence-corrected chi connectivity index (χ3v) is 4.33. The molecule has 1 rings (SSSR count). The first-order chi connectivity index (χ1) is 7.68. The number of nitrogens with one attached hydrogen (secondary N) is 1. The Balaban J connectivity index is 3.14. The van der Waals surface area contributed by atoms with Crippen molar-refractivity contribution in [2.75, 3.05) is 5.88 Å². The Hall–Kier alpha value is -0.720. The van der Waals surface area contributed by atoms with Gasteiger partial charge in [-0.25, -0.2) is 21.9 Å². The summed E-state index contributed by atoms with van der Waals surface area (Å²) in [6.07, 6.45) is 0. The molecule has 0 radical (unpaired) electrons. The molecule has 0 amide bonds. The molecule has 0 aliphatic heterocycles. The van der Waals surface area contributed by atoms with Crippen molar-refractivity contribution in [3.05, 3.63) is 29.8 Å². The maximum Gasteiger partial charge on any atom is 0.244 e. The van der Waals surface area contributed by atoms with E-state index in [1.165, 1.54) is 0 Å². The lowest BCUT2D eigenvalue weighted by molar-refractivity contribution is 0.489. The minimum atomic E-state index is -4.05. The van der Waals surface area contributed by atoms with Gasteiger partial charge in [0.2, 0.25) is 10.0 Å². The summed E-state index contributed by atoms with van der Waals surface area (Å²) in [5.41, 5.74) is -0.915. The van der Waals surface area contributed by atoms with Gasteiger partial charge in [0, 0.05) is 17.5 Å². The Morgan fingerprint density at radius 3 is 2.41 bits per heavy atom. The summed E-state index contributed by atoms with van der Waals surface area (Å²) < 4.78 is 51.8. The van der Waals surface area contributed by atoms with Crippen molar-refractivity contribution >= 4 is 21.6 Å². The van der Waals surface area contributed by atoms with Gasteiger partial charge in [-0.15, -0.1) is 11.6 Å². The number of halogens is 3. The van der Waals surface area contributed by atoms with Crippen LogP contribution in [0.5, 0.6) is 0 Å². The Labute approximate surface area is 104 Å². The highest BCUT2D eigenvalue weighted by Gasteiger charge is 2.27. The Morgan fingerprint density at radius 2 is 1.94 bits per heavy atom. The molecular formula is C10H12ClF2NO2S. The number of hydrogen-bond acceptors (Lipinski definition) is 2. The minimum Gasteiger partial charge on any atom is -0.207 e. The van der Waals surface area contributed by atoms with E-state index in [9.17, 15) is 17.2 Å². The SMILES string of the molecule is CC(C)(CCl)NS(=O)(=O)c1ccc(F)cc1F. The molecule has 0 unspecified atom stereocenters. The van der Waals surface area contributed by atoms with E-state index in [1.54, 1.807) is 13.8 Å². The van der Waals surface area contributed by atoms with Crippen LogP contribution in [0.4, 0.5) is 8.78 Å². The highest BCUT2D eigenvalue weighted by Crippen LogP contribution is 2.18. The normalized spacial score (nSPS) is 12.8. The molecule has 1 N–H and O–H groups in total. The topological polar surface area (TPSA) is 46.2 Å². The van der Waals surface area contributed by atoms with Crippen LogP contribution in [0, 0.1) is 11.6 Å². The molecule has 96 valence electrons. The van der Waals surface area contributed by atoms with Crippen LogP contribution < -0.4 is 4.72 Å². The van der Waals surface area contributed by atoms with Gasteiger partial charge in [0.25, 0.3) is 0 Å². The fraction of sp³-hybridized carbons (Fsp3) is 0.400. The maximum atomic E-state index is 13.3. The van der Waals surface area contributed by atoms with Gasteiger partial charge in [-0.2, -0.15) is 0 Å². The summed E-state index contributed by atoms with van der Waals surface area (Å²) in [5.74, 6) is -1.95. The zero-order valence-corrected chi connectivity index (χ0v) is 10.9. The van der Waals surface area contributed by atoms with Gasteiger partial charge >= 0.3 is 0 Å². The molecule has 7 heteroatoms. The van der Waals surface area contributed by atoms with E-state index in [1.807, 2.05) is 0 Å². The molecule has 0 bridgehead atoms. The highest BCUT2D eigenvalue weighted by atomic mass is 35.5. The minimum absolute atomic E-state index is 0.0229. The van der Waals surface area contributed by atoms with Crippen molar-refractivity contribution in [1.82, 2.24) is 4.72 Å². The second kappa shape index (κ2) is 4.88. The fourth-order valence-electron chi connectivity index (χ4n) is 1.14. The van der Waals surface area contributed by atoms with E-state index in [2.05, 4.69) is 4.72 Å². The average Bonchev–Trinajstić information content (AvgIpc) is 2.15. The molecule has 0 aromatic heterocycles. The van der Waals surface area contributed by atoms with E-state index in [0.29, 0.717) is 6.07 Å². The predicted octanol–water partition coefficient (Wildman–Crippen LogP) is 2.26. The fourth-order valence-corrected chi connectivity index (χ4v) is 2.76. The van der Waals surface area contributed by atoms with Crippen molar-refractivity contribution in [2.24, 2.45) is 0 Å². The molecular weight excluding hydrogens is 272 g/mol. The third-order valence-electron chi connectivity index (χ3n) is 1.93. The van der Waals surface area contributed by atoms with E-state index < -0.39 is 32.1 Å². The van der Waals surface area contributed by atoms with Gasteiger partial charge in [-0.1, -0.05) is 0 Å². The maximum absolute atomic E-state index is 13.3. The zero-order valence-electron chi connectivity index (χ0n) is 9.30. The molecule has 0 aliphatic carbocycles. The van der Waals surface area contributed by atoms with E-state index >= 15 is 0 Å². The summed E-state index contributed by atoms with van der Waals surface area (Å²) in [6, 6.07) is 2.27. The first-order valence-electron chi connectivity index (χ1n) is 4.73. The summed E-state index contributed by atoms with van der Waals surface area (Å²) in [5, 5.41) is 0. The molecule has 1 aromatic rings. The monoisotopic (exact) mass is 283 g/mol. The number of benzene rings is 1. The average molecular weight is 284 g/mol. The molecule has 0 saturated heterocycles. The molecule has 0 spiro atoms. The van der Waals surface area contributed by atoms with Crippen molar-refractivity contribution < 1.29 is 17.2 Å². The second-order valence-electron chi connectivity index (χ2n) is 4.20. The van der Waals surface area contributed by atoms with Crippen LogP contribution in [0.3, 0.4) is 0 Å². The standard InChI is InChI=1S/C10H12ClF2NO2S/c1-10(2,6-11)14-17(15,16)9-4-3-7(12)5-8(9)13/h3-5,14H,6H2,1-2H3. The van der Waals surface area contributed by atoms with Gasteiger partial charge in [-0.3, -0.25) is 0 Å². The summed E-state index contributed by atoms with van der Waals surface area (Å²) >= 11 is 5.57. The quantitative estimate of drug-likeness (QED) is 0.862. The van der Waals surface area contributed by atoms with Crippen molar-refractivity contribution in [1.29, 1.82) is 0 Å². The van der Waals surface area contributed by atoms with E-state index in [4.69, 9.17) is 11.6 Å². The molecule has 3 nitrogen and oxygen atoms in total. The van der Waals surface area contributed by atoms with Gasteiger partial charge < -0.3 is 0 Å². The van der Waals surface area contributed by atoms with E-state index in [0.717, 1.165) is 12.1 Å². The predicted molar refractivity (Wildman–Crippen MR) is 61.5 cm³/mol. The number of alkyl halides is 1. The summed E-state index contributed by atoms with van der Waals surface area (Å²) in [7, 11) is -4.05. The first kappa shape index (κ1) is 14.3. The Bertz CT molecular complexity index is 517. The number of sulfonamides is 1. The lowest BCUT2D eigenvalue weighted by Crippen LogP contribution is -2.45. The van der Waals surface area contributed by atoms with Crippen LogP contribution in [-0.4, -0.2) is 19.8 Å². The Kier molecular flexibility index (Phi) is 4.11. The van der Waals surface area contributed by atoms with Crippen molar-refractivity contribution in [2.45, 2.75) is 24.3 Å². The van der Waals surface area contributed by atoms with E-state index in [-0.39, 0.29) is 5.88 Å². The highest BCUT2D eigenvalue weighted by molar-refractivity contribution is 7.89. The largest absolute Gasteiger partial charge is 0.244 e. The number of rotatable bonds is 4.